The molecule has 8 nitrogen and oxygen atoms in total. The van der Waals surface area contributed by atoms with E-state index in [9.17, 15) is 14.4 Å². The zero-order valence-electron chi connectivity index (χ0n) is 22.6. The summed E-state index contributed by atoms with van der Waals surface area (Å²) < 4.78 is 5.39. The van der Waals surface area contributed by atoms with Gasteiger partial charge in [0.05, 0.1) is 5.92 Å². The van der Waals surface area contributed by atoms with E-state index < -0.39 is 0 Å². The Balaban J connectivity index is 0.971. The van der Waals surface area contributed by atoms with Gasteiger partial charge in [-0.15, -0.1) is 0 Å². The number of likely N-dealkylation sites (tertiary alicyclic amines) is 1. The van der Waals surface area contributed by atoms with Gasteiger partial charge in [-0.2, -0.15) is 0 Å². The first-order chi connectivity index (χ1) is 19.0. The number of imide groups is 1. The summed E-state index contributed by atoms with van der Waals surface area (Å²) in [6, 6.07) is 19.3. The van der Waals surface area contributed by atoms with Gasteiger partial charge in [-0.25, -0.2) is 4.79 Å². The minimum absolute atomic E-state index is 0.176. The third-order valence-corrected chi connectivity index (χ3v) is 8.49. The first-order valence-corrected chi connectivity index (χ1v) is 14.4. The highest BCUT2D eigenvalue weighted by atomic mass is 16.5. The number of hydrogen-bond acceptors (Lipinski definition) is 6. The lowest BCUT2D eigenvalue weighted by atomic mass is 9.88. The van der Waals surface area contributed by atoms with E-state index in [2.05, 4.69) is 33.0 Å². The molecule has 3 aliphatic rings. The molecule has 39 heavy (non-hydrogen) atoms. The predicted octanol–water partition coefficient (Wildman–Crippen LogP) is 4.00. The molecule has 2 heterocycles. The van der Waals surface area contributed by atoms with Crippen LogP contribution in [0.2, 0.25) is 0 Å². The van der Waals surface area contributed by atoms with Crippen molar-refractivity contribution in [2.24, 2.45) is 0 Å². The SMILES string of the molecule is O=C1CCC(c2ccc(CNC3CCN(C4CCC(NC(=O)OCc5ccccc5)CC4)CC3)cc2)C(=O)N1. The molecule has 0 aromatic heterocycles. The van der Waals surface area contributed by atoms with Gasteiger partial charge in [-0.1, -0.05) is 54.6 Å². The Hall–Kier alpha value is -3.23. The summed E-state index contributed by atoms with van der Waals surface area (Å²) in [7, 11) is 0. The van der Waals surface area contributed by atoms with Crippen LogP contribution in [0.1, 0.15) is 74.0 Å². The Labute approximate surface area is 230 Å². The first kappa shape index (κ1) is 27.3. The number of rotatable bonds is 8. The van der Waals surface area contributed by atoms with Crippen LogP contribution in [0.5, 0.6) is 0 Å². The Morgan fingerprint density at radius 3 is 2.26 bits per heavy atom. The molecule has 0 radical (unpaired) electrons. The van der Waals surface area contributed by atoms with Crippen molar-refractivity contribution in [2.75, 3.05) is 13.1 Å². The third-order valence-electron chi connectivity index (χ3n) is 8.49. The molecule has 1 unspecified atom stereocenters. The van der Waals surface area contributed by atoms with Crippen molar-refractivity contribution in [1.29, 1.82) is 0 Å². The minimum atomic E-state index is -0.320. The highest BCUT2D eigenvalue weighted by Crippen LogP contribution is 2.27. The Morgan fingerprint density at radius 1 is 0.846 bits per heavy atom. The van der Waals surface area contributed by atoms with Gasteiger partial charge in [-0.05, 0) is 74.7 Å². The molecule has 5 rings (SSSR count). The van der Waals surface area contributed by atoms with Gasteiger partial charge in [0, 0.05) is 31.1 Å². The summed E-state index contributed by atoms with van der Waals surface area (Å²) in [4.78, 5) is 38.4. The number of carbonyl (C=O) groups is 3. The van der Waals surface area contributed by atoms with Crippen LogP contribution >= 0.6 is 0 Å². The molecule has 2 saturated heterocycles. The van der Waals surface area contributed by atoms with E-state index >= 15 is 0 Å². The molecule has 2 aromatic rings. The number of benzene rings is 2. The molecule has 2 aliphatic heterocycles. The Bertz CT molecular complexity index is 1110. The lowest BCUT2D eigenvalue weighted by Crippen LogP contribution is -2.49. The molecule has 3 N–H and O–H groups in total. The molecular weight excluding hydrogens is 492 g/mol. The van der Waals surface area contributed by atoms with Crippen LogP contribution in [0.3, 0.4) is 0 Å². The van der Waals surface area contributed by atoms with Gasteiger partial charge < -0.3 is 20.3 Å². The summed E-state index contributed by atoms with van der Waals surface area (Å²) in [5, 5.41) is 9.21. The highest BCUT2D eigenvalue weighted by molar-refractivity contribution is 6.00. The summed E-state index contributed by atoms with van der Waals surface area (Å²) in [6.45, 7) is 3.33. The van der Waals surface area contributed by atoms with Crippen molar-refractivity contribution in [3.8, 4) is 0 Å². The van der Waals surface area contributed by atoms with Crippen LogP contribution < -0.4 is 16.0 Å². The number of carbonyl (C=O) groups excluding carboxylic acids is 3. The molecule has 3 amide bonds. The van der Waals surface area contributed by atoms with Gasteiger partial charge in [0.15, 0.2) is 0 Å². The van der Waals surface area contributed by atoms with Crippen molar-refractivity contribution in [1.82, 2.24) is 20.9 Å². The van der Waals surface area contributed by atoms with E-state index in [1.165, 1.54) is 5.56 Å². The summed E-state index contributed by atoms with van der Waals surface area (Å²) in [6.07, 6.45) is 7.16. The molecule has 1 atom stereocenters. The van der Waals surface area contributed by atoms with Crippen LogP contribution in [-0.4, -0.2) is 54.0 Å². The first-order valence-electron chi connectivity index (χ1n) is 14.4. The topological polar surface area (TPSA) is 99.8 Å². The van der Waals surface area contributed by atoms with E-state index in [1.807, 2.05) is 42.5 Å². The van der Waals surface area contributed by atoms with Crippen molar-refractivity contribution in [3.05, 3.63) is 71.3 Å². The number of hydrogen-bond donors (Lipinski definition) is 3. The molecule has 1 aliphatic carbocycles. The number of nitrogens with zero attached hydrogens (tertiary/aromatic N) is 1. The lowest BCUT2D eigenvalue weighted by molar-refractivity contribution is -0.134. The van der Waals surface area contributed by atoms with Crippen LogP contribution in [0.25, 0.3) is 0 Å². The average Bonchev–Trinajstić information content (AvgIpc) is 2.97. The number of piperidine rings is 2. The normalized spacial score (nSPS) is 24.7. The van der Waals surface area contributed by atoms with Gasteiger partial charge in [-0.3, -0.25) is 14.9 Å². The second-order valence-corrected chi connectivity index (χ2v) is 11.1. The summed E-state index contributed by atoms with van der Waals surface area (Å²) in [5.41, 5.74) is 3.18. The average molecular weight is 533 g/mol. The fourth-order valence-electron chi connectivity index (χ4n) is 6.13. The number of amides is 3. The summed E-state index contributed by atoms with van der Waals surface area (Å²) in [5.74, 6) is -0.590. The van der Waals surface area contributed by atoms with Crippen LogP contribution in [-0.2, 0) is 27.5 Å². The molecule has 2 aromatic carbocycles. The molecular formula is C31H40N4O4. The smallest absolute Gasteiger partial charge is 0.407 e. The van der Waals surface area contributed by atoms with Crippen LogP contribution in [0.4, 0.5) is 4.79 Å². The second-order valence-electron chi connectivity index (χ2n) is 11.1. The van der Waals surface area contributed by atoms with Gasteiger partial charge in [0.1, 0.15) is 6.61 Å². The predicted molar refractivity (Wildman–Crippen MR) is 149 cm³/mol. The van der Waals surface area contributed by atoms with E-state index in [0.717, 1.165) is 69.3 Å². The zero-order chi connectivity index (χ0) is 27.0. The van der Waals surface area contributed by atoms with E-state index in [1.54, 1.807) is 0 Å². The number of alkyl carbamates (subject to hydrolysis) is 1. The molecule has 8 heteroatoms. The monoisotopic (exact) mass is 532 g/mol. The van der Waals surface area contributed by atoms with Crippen molar-refractivity contribution in [2.45, 2.75) is 88.6 Å². The lowest BCUT2D eigenvalue weighted by Gasteiger charge is -2.41. The molecule has 0 spiro atoms. The maximum atomic E-state index is 12.2. The van der Waals surface area contributed by atoms with E-state index in [-0.39, 0.29) is 29.9 Å². The van der Waals surface area contributed by atoms with E-state index in [4.69, 9.17) is 4.74 Å². The second kappa shape index (κ2) is 13.2. The summed E-state index contributed by atoms with van der Waals surface area (Å²) >= 11 is 0. The maximum absolute atomic E-state index is 12.2. The van der Waals surface area contributed by atoms with Crippen molar-refractivity contribution < 1.29 is 19.1 Å². The van der Waals surface area contributed by atoms with Crippen LogP contribution in [0.15, 0.2) is 54.6 Å². The largest absolute Gasteiger partial charge is 0.445 e. The van der Waals surface area contributed by atoms with Gasteiger partial charge >= 0.3 is 6.09 Å². The fraction of sp³-hybridized carbons (Fsp3) is 0.516. The number of ether oxygens (including phenoxy) is 1. The maximum Gasteiger partial charge on any atom is 0.407 e. The number of nitrogens with one attached hydrogen (secondary N) is 3. The molecule has 208 valence electrons. The standard InChI is InChI=1S/C31H40N4O4/c36-29-15-14-28(30(37)34-29)24-8-6-22(7-9-24)20-32-25-16-18-35(19-17-25)27-12-10-26(11-13-27)33-31(38)39-21-23-4-2-1-3-5-23/h1-9,25-28,32H,10-21H2,(H,33,38)(H,34,36,37). The Kier molecular flexibility index (Phi) is 9.27. The molecule has 3 fully saturated rings. The van der Waals surface area contributed by atoms with Gasteiger partial charge in [0.2, 0.25) is 11.8 Å². The van der Waals surface area contributed by atoms with Crippen LogP contribution in [0, 0.1) is 0 Å². The molecule has 1 saturated carbocycles. The highest BCUT2D eigenvalue weighted by Gasteiger charge is 2.30. The quantitative estimate of drug-likeness (QED) is 0.445. The van der Waals surface area contributed by atoms with E-state index in [0.29, 0.717) is 31.5 Å². The molecule has 0 bridgehead atoms. The van der Waals surface area contributed by atoms with Crippen molar-refractivity contribution in [3.63, 3.8) is 0 Å². The fourth-order valence-corrected chi connectivity index (χ4v) is 6.13. The third kappa shape index (κ3) is 7.67. The van der Waals surface area contributed by atoms with Gasteiger partial charge in [0.25, 0.3) is 0 Å². The zero-order valence-corrected chi connectivity index (χ0v) is 22.6. The minimum Gasteiger partial charge on any atom is -0.445 e. The van der Waals surface area contributed by atoms with Crippen molar-refractivity contribution >= 4 is 17.9 Å². The Morgan fingerprint density at radius 2 is 1.56 bits per heavy atom.